The maximum absolute atomic E-state index is 5.40. The molecule has 1 aliphatic heterocycles. The summed E-state index contributed by atoms with van der Waals surface area (Å²) in [6, 6.07) is 7.42. The Balaban J connectivity index is 2.31. The number of nitrogens with one attached hydrogen (secondary N) is 1. The normalized spacial score (nSPS) is 23.2. The number of hydrogen-bond donors (Lipinski definition) is 1. The van der Waals surface area contributed by atoms with E-state index in [0.717, 1.165) is 29.7 Å². The van der Waals surface area contributed by atoms with Gasteiger partial charge in [-0.2, -0.15) is 0 Å². The molecule has 1 saturated heterocycles. The Morgan fingerprint density at radius 3 is 2.75 bits per heavy atom. The Hall–Kier alpha value is -0.740. The summed E-state index contributed by atoms with van der Waals surface area (Å²) < 4.78 is 6.47. The Labute approximate surface area is 130 Å². The molecule has 2 rings (SSSR count). The summed E-state index contributed by atoms with van der Waals surface area (Å²) in [5, 5.41) is 3.66. The van der Waals surface area contributed by atoms with E-state index in [0.29, 0.717) is 18.0 Å². The maximum Gasteiger partial charge on any atom is 0.122 e. The van der Waals surface area contributed by atoms with Crippen LogP contribution in [0.5, 0.6) is 5.75 Å². The van der Waals surface area contributed by atoms with E-state index in [1.165, 1.54) is 5.69 Å². The van der Waals surface area contributed by atoms with E-state index in [9.17, 15) is 0 Å². The summed E-state index contributed by atoms with van der Waals surface area (Å²) in [5.74, 6) is 1.52. The molecule has 0 bridgehead atoms. The molecule has 0 saturated carbocycles. The van der Waals surface area contributed by atoms with Gasteiger partial charge in [-0.25, -0.2) is 0 Å². The lowest BCUT2D eigenvalue weighted by molar-refractivity contribution is 0.333. The molecule has 1 N–H and O–H groups in total. The minimum absolute atomic E-state index is 0.525. The van der Waals surface area contributed by atoms with Crippen molar-refractivity contribution >= 4 is 21.6 Å². The molecule has 1 aromatic rings. The topological polar surface area (TPSA) is 24.5 Å². The lowest BCUT2D eigenvalue weighted by Crippen LogP contribution is -2.58. The SMILES string of the molecule is CCC1CN(c2cc(Br)cc(OC)c2)C(C(C)C)CN1. The van der Waals surface area contributed by atoms with E-state index in [2.05, 4.69) is 59.1 Å². The van der Waals surface area contributed by atoms with Crippen molar-refractivity contribution in [1.82, 2.24) is 5.32 Å². The predicted octanol–water partition coefficient (Wildman–Crippen LogP) is 3.67. The zero-order valence-corrected chi connectivity index (χ0v) is 14.4. The van der Waals surface area contributed by atoms with Crippen LogP contribution >= 0.6 is 15.9 Å². The van der Waals surface area contributed by atoms with Crippen LogP contribution in [0, 0.1) is 5.92 Å². The van der Waals surface area contributed by atoms with Crippen molar-refractivity contribution in [2.45, 2.75) is 39.3 Å². The van der Waals surface area contributed by atoms with Crippen molar-refractivity contribution in [3.8, 4) is 5.75 Å². The average molecular weight is 341 g/mol. The largest absolute Gasteiger partial charge is 0.497 e. The van der Waals surface area contributed by atoms with Crippen molar-refractivity contribution < 1.29 is 4.74 Å². The van der Waals surface area contributed by atoms with E-state index < -0.39 is 0 Å². The van der Waals surface area contributed by atoms with Crippen LogP contribution < -0.4 is 15.0 Å². The van der Waals surface area contributed by atoms with Gasteiger partial charge in [-0.3, -0.25) is 0 Å². The van der Waals surface area contributed by atoms with Gasteiger partial charge in [0.1, 0.15) is 5.75 Å². The molecule has 1 aliphatic rings. The first-order chi connectivity index (χ1) is 9.55. The van der Waals surface area contributed by atoms with Crippen molar-refractivity contribution in [3.05, 3.63) is 22.7 Å². The highest BCUT2D eigenvalue weighted by Gasteiger charge is 2.29. The van der Waals surface area contributed by atoms with Gasteiger partial charge in [0.25, 0.3) is 0 Å². The Morgan fingerprint density at radius 1 is 1.40 bits per heavy atom. The van der Waals surface area contributed by atoms with Gasteiger partial charge in [0.2, 0.25) is 0 Å². The summed E-state index contributed by atoms with van der Waals surface area (Å²) in [7, 11) is 1.72. The molecule has 1 heterocycles. The smallest absolute Gasteiger partial charge is 0.122 e. The number of halogens is 1. The second kappa shape index (κ2) is 6.81. The number of piperazine rings is 1. The molecule has 2 unspecified atom stereocenters. The van der Waals surface area contributed by atoms with Gasteiger partial charge in [-0.1, -0.05) is 36.7 Å². The van der Waals surface area contributed by atoms with Gasteiger partial charge >= 0.3 is 0 Å². The summed E-state index contributed by atoms with van der Waals surface area (Å²) in [4.78, 5) is 2.53. The first kappa shape index (κ1) is 15.6. The lowest BCUT2D eigenvalue weighted by atomic mass is 9.97. The molecule has 4 heteroatoms. The second-order valence-electron chi connectivity index (χ2n) is 5.83. The van der Waals surface area contributed by atoms with Gasteiger partial charge in [0.15, 0.2) is 0 Å². The zero-order valence-electron chi connectivity index (χ0n) is 12.8. The molecule has 112 valence electrons. The Bertz CT molecular complexity index is 450. The number of nitrogens with zero attached hydrogens (tertiary/aromatic N) is 1. The number of benzene rings is 1. The van der Waals surface area contributed by atoms with Crippen LogP contribution in [0.25, 0.3) is 0 Å². The fourth-order valence-corrected chi connectivity index (χ4v) is 3.29. The highest BCUT2D eigenvalue weighted by Crippen LogP contribution is 2.31. The Kier molecular flexibility index (Phi) is 5.33. The van der Waals surface area contributed by atoms with Gasteiger partial charge in [-0.15, -0.1) is 0 Å². The van der Waals surface area contributed by atoms with Crippen LogP contribution in [0.1, 0.15) is 27.2 Å². The number of methoxy groups -OCH3 is 1. The monoisotopic (exact) mass is 340 g/mol. The quantitative estimate of drug-likeness (QED) is 0.904. The third-order valence-corrected chi connectivity index (χ3v) is 4.58. The van der Waals surface area contributed by atoms with E-state index in [4.69, 9.17) is 4.74 Å². The summed E-state index contributed by atoms with van der Waals surface area (Å²) in [6.45, 7) is 8.93. The molecule has 3 nitrogen and oxygen atoms in total. The molecule has 0 aliphatic carbocycles. The molecular formula is C16H25BrN2O. The predicted molar refractivity (Wildman–Crippen MR) is 88.7 cm³/mol. The van der Waals surface area contributed by atoms with Crippen LogP contribution in [-0.4, -0.2) is 32.3 Å². The minimum atomic E-state index is 0.525. The first-order valence-electron chi connectivity index (χ1n) is 7.39. The molecule has 0 spiro atoms. The molecule has 1 aromatic carbocycles. The van der Waals surface area contributed by atoms with Crippen LogP contribution in [0.2, 0.25) is 0 Å². The van der Waals surface area contributed by atoms with Gasteiger partial charge in [0, 0.05) is 41.4 Å². The highest BCUT2D eigenvalue weighted by molar-refractivity contribution is 9.10. The minimum Gasteiger partial charge on any atom is -0.497 e. The fourth-order valence-electron chi connectivity index (χ4n) is 2.83. The fraction of sp³-hybridized carbons (Fsp3) is 0.625. The number of hydrogen-bond acceptors (Lipinski definition) is 3. The van der Waals surface area contributed by atoms with Crippen LogP contribution in [0.4, 0.5) is 5.69 Å². The molecule has 0 radical (unpaired) electrons. The molecule has 1 fully saturated rings. The average Bonchev–Trinajstić information content (AvgIpc) is 2.45. The van der Waals surface area contributed by atoms with E-state index >= 15 is 0 Å². The Morgan fingerprint density at radius 2 is 2.15 bits per heavy atom. The molecular weight excluding hydrogens is 316 g/mol. The van der Waals surface area contributed by atoms with Gasteiger partial charge in [0.05, 0.1) is 7.11 Å². The second-order valence-corrected chi connectivity index (χ2v) is 6.74. The van der Waals surface area contributed by atoms with Crippen molar-refractivity contribution in [1.29, 1.82) is 0 Å². The molecule has 20 heavy (non-hydrogen) atoms. The maximum atomic E-state index is 5.40. The van der Waals surface area contributed by atoms with Crippen LogP contribution in [0.15, 0.2) is 22.7 Å². The van der Waals surface area contributed by atoms with Gasteiger partial charge < -0.3 is 15.0 Å². The summed E-state index contributed by atoms with van der Waals surface area (Å²) in [6.07, 6.45) is 1.16. The third-order valence-electron chi connectivity index (χ3n) is 4.12. The molecule has 0 aromatic heterocycles. The van der Waals surface area contributed by atoms with E-state index in [1.807, 2.05) is 6.07 Å². The first-order valence-corrected chi connectivity index (χ1v) is 8.19. The summed E-state index contributed by atoms with van der Waals surface area (Å²) in [5.41, 5.74) is 1.25. The van der Waals surface area contributed by atoms with Gasteiger partial charge in [-0.05, 0) is 24.5 Å². The van der Waals surface area contributed by atoms with Crippen molar-refractivity contribution in [3.63, 3.8) is 0 Å². The molecule has 0 amide bonds. The third kappa shape index (κ3) is 3.47. The van der Waals surface area contributed by atoms with E-state index in [-0.39, 0.29) is 0 Å². The van der Waals surface area contributed by atoms with Crippen LogP contribution in [-0.2, 0) is 0 Å². The number of ether oxygens (including phenoxy) is 1. The zero-order chi connectivity index (χ0) is 14.7. The number of anilines is 1. The van der Waals surface area contributed by atoms with Crippen molar-refractivity contribution in [2.24, 2.45) is 5.92 Å². The van der Waals surface area contributed by atoms with E-state index in [1.54, 1.807) is 7.11 Å². The van der Waals surface area contributed by atoms with Crippen LogP contribution in [0.3, 0.4) is 0 Å². The summed E-state index contributed by atoms with van der Waals surface area (Å²) >= 11 is 3.59. The highest BCUT2D eigenvalue weighted by atomic mass is 79.9. The van der Waals surface area contributed by atoms with Crippen molar-refractivity contribution in [2.75, 3.05) is 25.1 Å². The lowest BCUT2D eigenvalue weighted by Gasteiger charge is -2.44. The molecule has 2 atom stereocenters. The standard InChI is InChI=1S/C16H25BrN2O/c1-5-13-10-19(16(9-18-13)11(2)3)14-6-12(17)7-15(8-14)20-4/h6-8,11,13,16,18H,5,9-10H2,1-4H3. The number of rotatable bonds is 4.